The fraction of sp³-hybridized carbons (Fsp3) is 0.250. The Labute approximate surface area is 188 Å². The minimum absolute atomic E-state index is 0.516. The van der Waals surface area contributed by atoms with Crippen molar-refractivity contribution < 1.29 is 13.5 Å². The van der Waals surface area contributed by atoms with Gasteiger partial charge in [0.25, 0.3) is 0 Å². The van der Waals surface area contributed by atoms with E-state index in [4.69, 9.17) is 10.00 Å². The van der Waals surface area contributed by atoms with Gasteiger partial charge in [0.2, 0.25) is 0 Å². The first-order valence-electron chi connectivity index (χ1n) is 10.9. The lowest BCUT2D eigenvalue weighted by Gasteiger charge is -2.08. The lowest BCUT2D eigenvalue weighted by Crippen LogP contribution is -1.98. The number of rotatable bonds is 10. The second kappa shape index (κ2) is 11.8. The standard InChI is InChI=1S/C28H27F2NO/c1-2-3-4-17-32-25-15-13-23(14-16-25)10-9-21-5-7-22(8-6-21)11-12-24-18-27(29)26(20-31)28(30)19-24/h2-3,5-8,13-16,18-19H,4,9-12,17H2,1H3/b3-2+. The lowest BCUT2D eigenvalue weighted by molar-refractivity contribution is 0.325. The number of halogens is 2. The topological polar surface area (TPSA) is 33.0 Å². The molecule has 3 rings (SSSR count). The van der Waals surface area contributed by atoms with Gasteiger partial charge in [-0.2, -0.15) is 5.26 Å². The second-order valence-electron chi connectivity index (χ2n) is 7.71. The molecule has 0 amide bonds. The molecular weight excluding hydrogens is 404 g/mol. The number of ether oxygens (including phenoxy) is 1. The Morgan fingerprint density at radius 2 is 1.25 bits per heavy atom. The SMILES string of the molecule is C/C=C/CCOc1ccc(CCc2ccc(CCc3cc(F)c(C#N)c(F)c3)cc2)cc1. The predicted molar refractivity (Wildman–Crippen MR) is 124 cm³/mol. The fourth-order valence-electron chi connectivity index (χ4n) is 3.49. The Hall–Kier alpha value is -3.45. The van der Waals surface area contributed by atoms with Crippen LogP contribution in [0.1, 0.15) is 41.2 Å². The summed E-state index contributed by atoms with van der Waals surface area (Å²) in [4.78, 5) is 0. The molecule has 0 spiro atoms. The fourth-order valence-corrected chi connectivity index (χ4v) is 3.49. The van der Waals surface area contributed by atoms with E-state index in [2.05, 4.69) is 42.5 Å². The Balaban J connectivity index is 1.47. The summed E-state index contributed by atoms with van der Waals surface area (Å²) in [6.07, 6.45) is 8.11. The summed E-state index contributed by atoms with van der Waals surface area (Å²) in [5, 5.41) is 8.76. The van der Waals surface area contributed by atoms with Gasteiger partial charge in [0.05, 0.1) is 6.61 Å². The predicted octanol–water partition coefficient (Wildman–Crippen LogP) is 6.75. The largest absolute Gasteiger partial charge is 0.493 e. The smallest absolute Gasteiger partial charge is 0.144 e. The van der Waals surface area contributed by atoms with Gasteiger partial charge in [0.1, 0.15) is 29.0 Å². The molecule has 0 atom stereocenters. The van der Waals surface area contributed by atoms with Crippen molar-refractivity contribution in [1.29, 1.82) is 5.26 Å². The molecule has 0 saturated heterocycles. The molecule has 0 aliphatic carbocycles. The maximum atomic E-state index is 13.7. The van der Waals surface area contributed by atoms with Gasteiger partial charge in [0.15, 0.2) is 0 Å². The number of aryl methyl sites for hydroxylation is 4. The van der Waals surface area contributed by atoms with Crippen LogP contribution in [0.25, 0.3) is 0 Å². The Morgan fingerprint density at radius 1 is 0.781 bits per heavy atom. The van der Waals surface area contributed by atoms with Crippen molar-refractivity contribution in [1.82, 2.24) is 0 Å². The van der Waals surface area contributed by atoms with E-state index in [0.717, 1.165) is 30.6 Å². The van der Waals surface area contributed by atoms with Crippen LogP contribution >= 0.6 is 0 Å². The summed E-state index contributed by atoms with van der Waals surface area (Å²) in [7, 11) is 0. The van der Waals surface area contributed by atoms with Crippen LogP contribution in [0.2, 0.25) is 0 Å². The van der Waals surface area contributed by atoms with E-state index < -0.39 is 17.2 Å². The molecule has 32 heavy (non-hydrogen) atoms. The zero-order valence-corrected chi connectivity index (χ0v) is 18.3. The zero-order valence-electron chi connectivity index (χ0n) is 18.3. The van der Waals surface area contributed by atoms with Crippen molar-refractivity contribution in [2.75, 3.05) is 6.61 Å². The van der Waals surface area contributed by atoms with E-state index in [1.165, 1.54) is 23.3 Å². The normalized spacial score (nSPS) is 10.9. The van der Waals surface area contributed by atoms with Gasteiger partial charge >= 0.3 is 0 Å². The molecule has 0 bridgehead atoms. The van der Waals surface area contributed by atoms with Crippen molar-refractivity contribution in [2.24, 2.45) is 0 Å². The van der Waals surface area contributed by atoms with Crippen LogP contribution < -0.4 is 4.74 Å². The molecule has 3 aromatic carbocycles. The molecule has 164 valence electrons. The zero-order chi connectivity index (χ0) is 22.8. The van der Waals surface area contributed by atoms with Gasteiger partial charge in [-0.05, 0) is 85.5 Å². The maximum Gasteiger partial charge on any atom is 0.144 e. The van der Waals surface area contributed by atoms with Crippen molar-refractivity contribution >= 4 is 0 Å². The maximum absolute atomic E-state index is 13.7. The molecule has 0 saturated carbocycles. The Morgan fingerprint density at radius 3 is 1.72 bits per heavy atom. The van der Waals surface area contributed by atoms with Crippen LogP contribution in [-0.2, 0) is 25.7 Å². The molecule has 0 radical (unpaired) electrons. The average Bonchev–Trinajstić information content (AvgIpc) is 2.80. The highest BCUT2D eigenvalue weighted by Crippen LogP contribution is 2.18. The van der Waals surface area contributed by atoms with Crippen LogP contribution in [0.5, 0.6) is 5.75 Å². The van der Waals surface area contributed by atoms with E-state index in [0.29, 0.717) is 25.0 Å². The third-order valence-corrected chi connectivity index (χ3v) is 5.35. The number of nitriles is 1. The van der Waals surface area contributed by atoms with E-state index >= 15 is 0 Å². The number of benzene rings is 3. The van der Waals surface area contributed by atoms with Gasteiger partial charge in [-0.3, -0.25) is 0 Å². The molecule has 0 aromatic heterocycles. The molecule has 0 unspecified atom stereocenters. The molecule has 0 aliphatic heterocycles. The van der Waals surface area contributed by atoms with Crippen molar-refractivity contribution in [3.05, 3.63) is 112 Å². The summed E-state index contributed by atoms with van der Waals surface area (Å²) in [6.45, 7) is 2.69. The minimum atomic E-state index is -0.800. The van der Waals surface area contributed by atoms with E-state index in [1.54, 1.807) is 6.07 Å². The molecule has 0 heterocycles. The third kappa shape index (κ3) is 6.78. The van der Waals surface area contributed by atoms with E-state index in [-0.39, 0.29) is 0 Å². The van der Waals surface area contributed by atoms with Crippen LogP contribution in [0.15, 0.2) is 72.8 Å². The van der Waals surface area contributed by atoms with Crippen LogP contribution in [0, 0.1) is 23.0 Å². The summed E-state index contributed by atoms with van der Waals surface area (Å²) in [5.74, 6) is -0.707. The summed E-state index contributed by atoms with van der Waals surface area (Å²) < 4.78 is 33.2. The van der Waals surface area contributed by atoms with Crippen LogP contribution in [0.4, 0.5) is 8.78 Å². The number of nitrogens with zero attached hydrogens (tertiary/aromatic N) is 1. The van der Waals surface area contributed by atoms with Crippen LogP contribution in [-0.4, -0.2) is 6.61 Å². The first-order valence-corrected chi connectivity index (χ1v) is 10.9. The highest BCUT2D eigenvalue weighted by molar-refractivity contribution is 5.36. The van der Waals surface area contributed by atoms with Crippen molar-refractivity contribution in [3.8, 4) is 11.8 Å². The van der Waals surface area contributed by atoms with Gasteiger partial charge in [0, 0.05) is 0 Å². The number of allylic oxidation sites excluding steroid dienone is 1. The molecule has 0 N–H and O–H groups in total. The van der Waals surface area contributed by atoms with Gasteiger partial charge < -0.3 is 4.74 Å². The average molecular weight is 432 g/mol. The second-order valence-corrected chi connectivity index (χ2v) is 7.71. The quantitative estimate of drug-likeness (QED) is 0.263. The molecule has 2 nitrogen and oxygen atoms in total. The Bertz CT molecular complexity index is 1060. The molecule has 0 aliphatic rings. The first-order chi connectivity index (χ1) is 15.6. The minimum Gasteiger partial charge on any atom is -0.493 e. The van der Waals surface area contributed by atoms with Gasteiger partial charge in [-0.15, -0.1) is 0 Å². The highest BCUT2D eigenvalue weighted by atomic mass is 19.1. The number of hydrogen-bond donors (Lipinski definition) is 0. The molecular formula is C28H27F2NO. The summed E-state index contributed by atoms with van der Waals surface area (Å²) >= 11 is 0. The summed E-state index contributed by atoms with van der Waals surface area (Å²) in [5.41, 5.74) is 3.65. The summed E-state index contributed by atoms with van der Waals surface area (Å²) in [6, 6.07) is 20.6. The lowest BCUT2D eigenvalue weighted by atomic mass is 9.99. The van der Waals surface area contributed by atoms with Crippen molar-refractivity contribution in [2.45, 2.75) is 39.0 Å². The van der Waals surface area contributed by atoms with E-state index in [1.807, 2.05) is 25.1 Å². The van der Waals surface area contributed by atoms with E-state index in [9.17, 15) is 8.78 Å². The molecule has 0 fully saturated rings. The van der Waals surface area contributed by atoms with Gasteiger partial charge in [-0.1, -0.05) is 48.6 Å². The highest BCUT2D eigenvalue weighted by Gasteiger charge is 2.10. The molecule has 3 aromatic rings. The monoisotopic (exact) mass is 431 g/mol. The first kappa shape index (κ1) is 23.2. The Kier molecular flexibility index (Phi) is 8.57. The van der Waals surface area contributed by atoms with Crippen LogP contribution in [0.3, 0.4) is 0 Å². The van der Waals surface area contributed by atoms with Crippen molar-refractivity contribution in [3.63, 3.8) is 0 Å². The van der Waals surface area contributed by atoms with Gasteiger partial charge in [-0.25, -0.2) is 8.78 Å². The number of hydrogen-bond acceptors (Lipinski definition) is 2. The third-order valence-electron chi connectivity index (χ3n) is 5.35. The molecule has 4 heteroatoms.